The van der Waals surface area contributed by atoms with Crippen LogP contribution < -0.4 is 15.1 Å². The third-order valence-corrected chi connectivity index (χ3v) is 5.75. The maximum atomic E-state index is 12.7. The van der Waals surface area contributed by atoms with Gasteiger partial charge in [-0.15, -0.1) is 0 Å². The topological polar surface area (TPSA) is 61.9 Å². The number of carbonyl (C=O) groups is 2. The Labute approximate surface area is 177 Å². The van der Waals surface area contributed by atoms with Crippen LogP contribution in [-0.2, 0) is 16.0 Å². The van der Waals surface area contributed by atoms with Crippen molar-refractivity contribution in [3.05, 3.63) is 53.6 Å². The van der Waals surface area contributed by atoms with E-state index in [1.54, 1.807) is 6.07 Å². The molecule has 2 heterocycles. The highest BCUT2D eigenvalue weighted by atomic mass is 16.5. The predicted molar refractivity (Wildman–Crippen MR) is 119 cm³/mol. The molecule has 30 heavy (non-hydrogen) atoms. The molecule has 1 N–H and O–H groups in total. The first-order chi connectivity index (χ1) is 14.4. The molecule has 2 aliphatic rings. The number of anilines is 3. The Hall–Kier alpha value is -2.86. The molecular weight excluding hydrogens is 378 g/mol. The molecule has 2 aliphatic heterocycles. The van der Waals surface area contributed by atoms with Crippen molar-refractivity contribution in [3.63, 3.8) is 0 Å². The van der Waals surface area contributed by atoms with Crippen LogP contribution in [0.2, 0.25) is 0 Å². The van der Waals surface area contributed by atoms with Crippen molar-refractivity contribution in [2.75, 3.05) is 34.8 Å². The van der Waals surface area contributed by atoms with E-state index in [0.717, 1.165) is 42.1 Å². The maximum Gasteiger partial charge on any atom is 0.255 e. The minimum atomic E-state index is -0.139. The van der Waals surface area contributed by atoms with Gasteiger partial charge in [0.25, 0.3) is 5.91 Å². The van der Waals surface area contributed by atoms with E-state index in [0.29, 0.717) is 18.5 Å². The van der Waals surface area contributed by atoms with Crippen LogP contribution in [0.1, 0.15) is 43.1 Å². The Morgan fingerprint density at radius 2 is 1.77 bits per heavy atom. The van der Waals surface area contributed by atoms with Gasteiger partial charge in [0.05, 0.1) is 12.2 Å². The monoisotopic (exact) mass is 407 g/mol. The van der Waals surface area contributed by atoms with Gasteiger partial charge >= 0.3 is 0 Å². The number of nitrogens with zero attached hydrogens (tertiary/aromatic N) is 2. The van der Waals surface area contributed by atoms with Crippen LogP contribution in [-0.4, -0.2) is 43.7 Å². The molecule has 2 unspecified atom stereocenters. The van der Waals surface area contributed by atoms with E-state index in [1.807, 2.05) is 48.2 Å². The fraction of sp³-hybridized carbons (Fsp3) is 0.417. The first kappa shape index (κ1) is 20.4. The standard InChI is InChI=1S/C24H29N3O3/c1-4-23(28)27-12-11-18-13-19(5-10-22(18)27)24(29)25-20-6-8-21(9-7-20)26-14-16(2)30-17(3)15-26/h5-10,13,16-17H,4,11-12,14-15H2,1-3H3,(H,25,29). The summed E-state index contributed by atoms with van der Waals surface area (Å²) in [5.74, 6) is -0.0190. The molecule has 0 bridgehead atoms. The Morgan fingerprint density at radius 1 is 1.07 bits per heavy atom. The molecule has 1 saturated heterocycles. The van der Waals surface area contributed by atoms with E-state index in [4.69, 9.17) is 4.74 Å². The second-order valence-electron chi connectivity index (χ2n) is 8.16. The lowest BCUT2D eigenvalue weighted by atomic mass is 10.1. The molecule has 6 heteroatoms. The molecular formula is C24H29N3O3. The number of ether oxygens (including phenoxy) is 1. The maximum absolute atomic E-state index is 12.7. The highest BCUT2D eigenvalue weighted by Crippen LogP contribution is 2.30. The third-order valence-electron chi connectivity index (χ3n) is 5.75. The van der Waals surface area contributed by atoms with Gasteiger partial charge in [0.15, 0.2) is 0 Å². The minimum absolute atomic E-state index is 0.120. The molecule has 4 rings (SSSR count). The molecule has 0 spiro atoms. The highest BCUT2D eigenvalue weighted by molar-refractivity contribution is 6.05. The van der Waals surface area contributed by atoms with E-state index < -0.39 is 0 Å². The van der Waals surface area contributed by atoms with Crippen molar-refractivity contribution in [3.8, 4) is 0 Å². The van der Waals surface area contributed by atoms with Gasteiger partial charge in [-0.2, -0.15) is 0 Å². The summed E-state index contributed by atoms with van der Waals surface area (Å²) in [6.45, 7) is 8.46. The fourth-order valence-electron chi connectivity index (χ4n) is 4.34. The number of benzene rings is 2. The van der Waals surface area contributed by atoms with Crippen molar-refractivity contribution in [2.24, 2.45) is 0 Å². The van der Waals surface area contributed by atoms with Crippen LogP contribution in [0, 0.1) is 0 Å². The van der Waals surface area contributed by atoms with Gasteiger partial charge in [-0.05, 0) is 68.3 Å². The molecule has 2 amide bonds. The molecule has 6 nitrogen and oxygen atoms in total. The average Bonchev–Trinajstić information content (AvgIpc) is 3.16. The van der Waals surface area contributed by atoms with E-state index in [-0.39, 0.29) is 24.0 Å². The normalized spacial score (nSPS) is 20.8. The molecule has 0 radical (unpaired) electrons. The van der Waals surface area contributed by atoms with E-state index in [1.165, 1.54) is 0 Å². The summed E-state index contributed by atoms with van der Waals surface area (Å²) in [6, 6.07) is 13.5. The summed E-state index contributed by atoms with van der Waals surface area (Å²) >= 11 is 0. The zero-order valence-electron chi connectivity index (χ0n) is 17.9. The Kier molecular flexibility index (Phi) is 5.77. The molecule has 0 saturated carbocycles. The average molecular weight is 408 g/mol. The Balaban J connectivity index is 1.43. The van der Waals surface area contributed by atoms with Gasteiger partial charge in [-0.1, -0.05) is 6.92 Å². The van der Waals surface area contributed by atoms with Crippen molar-refractivity contribution in [2.45, 2.75) is 45.8 Å². The number of hydrogen-bond donors (Lipinski definition) is 1. The van der Waals surface area contributed by atoms with Gasteiger partial charge in [-0.3, -0.25) is 9.59 Å². The lowest BCUT2D eigenvalue weighted by Gasteiger charge is -2.36. The molecule has 1 fully saturated rings. The number of morpholine rings is 1. The summed E-state index contributed by atoms with van der Waals surface area (Å²) < 4.78 is 5.80. The number of rotatable bonds is 4. The smallest absolute Gasteiger partial charge is 0.255 e. The first-order valence-electron chi connectivity index (χ1n) is 10.7. The third kappa shape index (κ3) is 4.19. The fourth-order valence-corrected chi connectivity index (χ4v) is 4.34. The van der Waals surface area contributed by atoms with E-state index >= 15 is 0 Å². The SMILES string of the molecule is CCC(=O)N1CCc2cc(C(=O)Nc3ccc(N4CC(C)OC(C)C4)cc3)ccc21. The number of hydrogen-bond acceptors (Lipinski definition) is 4. The number of nitrogens with one attached hydrogen (secondary N) is 1. The molecule has 2 aromatic carbocycles. The van der Waals surface area contributed by atoms with Gasteiger partial charge in [-0.25, -0.2) is 0 Å². The van der Waals surface area contributed by atoms with Crippen LogP contribution in [0.15, 0.2) is 42.5 Å². The largest absolute Gasteiger partial charge is 0.372 e. The van der Waals surface area contributed by atoms with Crippen LogP contribution in [0.25, 0.3) is 0 Å². The number of amides is 2. The minimum Gasteiger partial charge on any atom is -0.372 e. The van der Waals surface area contributed by atoms with Crippen LogP contribution in [0.5, 0.6) is 0 Å². The second kappa shape index (κ2) is 8.48. The zero-order valence-corrected chi connectivity index (χ0v) is 17.9. The van der Waals surface area contributed by atoms with E-state index in [2.05, 4.69) is 24.1 Å². The van der Waals surface area contributed by atoms with Crippen molar-refractivity contribution in [1.29, 1.82) is 0 Å². The summed E-state index contributed by atoms with van der Waals surface area (Å²) in [5.41, 5.74) is 4.49. The van der Waals surface area contributed by atoms with Crippen LogP contribution in [0.4, 0.5) is 17.1 Å². The predicted octanol–water partition coefficient (Wildman–Crippen LogP) is 3.85. The Bertz CT molecular complexity index is 931. The lowest BCUT2D eigenvalue weighted by molar-refractivity contribution is -0.118. The molecule has 2 aromatic rings. The van der Waals surface area contributed by atoms with Crippen molar-refractivity contribution < 1.29 is 14.3 Å². The number of carbonyl (C=O) groups excluding carboxylic acids is 2. The molecule has 0 aromatic heterocycles. The van der Waals surface area contributed by atoms with Crippen molar-refractivity contribution in [1.82, 2.24) is 0 Å². The van der Waals surface area contributed by atoms with Gasteiger partial charge in [0, 0.05) is 48.7 Å². The summed E-state index contributed by atoms with van der Waals surface area (Å²) in [7, 11) is 0. The summed E-state index contributed by atoms with van der Waals surface area (Å²) in [5, 5.41) is 2.98. The molecule has 158 valence electrons. The van der Waals surface area contributed by atoms with Gasteiger partial charge < -0.3 is 19.9 Å². The van der Waals surface area contributed by atoms with Crippen LogP contribution in [0.3, 0.4) is 0 Å². The molecule has 2 atom stereocenters. The number of fused-ring (bicyclic) bond motifs is 1. The van der Waals surface area contributed by atoms with E-state index in [9.17, 15) is 9.59 Å². The summed E-state index contributed by atoms with van der Waals surface area (Å²) in [6.07, 6.45) is 1.68. The second-order valence-corrected chi connectivity index (χ2v) is 8.16. The first-order valence-corrected chi connectivity index (χ1v) is 10.7. The lowest BCUT2D eigenvalue weighted by Crippen LogP contribution is -2.45. The quantitative estimate of drug-likeness (QED) is 0.836. The zero-order chi connectivity index (χ0) is 21.3. The van der Waals surface area contributed by atoms with Crippen LogP contribution >= 0.6 is 0 Å². The highest BCUT2D eigenvalue weighted by Gasteiger charge is 2.25. The Morgan fingerprint density at radius 3 is 2.43 bits per heavy atom. The van der Waals surface area contributed by atoms with Gasteiger partial charge in [0.2, 0.25) is 5.91 Å². The summed E-state index contributed by atoms with van der Waals surface area (Å²) in [4.78, 5) is 28.9. The van der Waals surface area contributed by atoms with Crippen molar-refractivity contribution >= 4 is 28.9 Å². The van der Waals surface area contributed by atoms with Gasteiger partial charge in [0.1, 0.15) is 0 Å². The molecule has 0 aliphatic carbocycles.